The third-order valence-electron chi connectivity index (χ3n) is 4.33. The molecule has 0 saturated heterocycles. The maximum atomic E-state index is 12.2. The molecule has 3 rings (SSSR count). The molecule has 0 spiro atoms. The van der Waals surface area contributed by atoms with Gasteiger partial charge in [0.1, 0.15) is 6.54 Å². The summed E-state index contributed by atoms with van der Waals surface area (Å²) in [5.74, 6) is -0.106. The number of para-hydroxylation sites is 2. The molecule has 112 valence electrons. The molecule has 0 aliphatic heterocycles. The molecule has 5 nitrogen and oxygen atoms in total. The Kier molecular flexibility index (Phi) is 3.82. The zero-order valence-corrected chi connectivity index (χ0v) is 12.2. The Hall–Kier alpha value is -2.04. The van der Waals surface area contributed by atoms with Crippen LogP contribution in [0.4, 0.5) is 0 Å². The van der Waals surface area contributed by atoms with Crippen LogP contribution < -0.4 is 11.1 Å². The zero-order valence-electron chi connectivity index (χ0n) is 12.2. The van der Waals surface area contributed by atoms with E-state index in [0.29, 0.717) is 17.0 Å². The quantitative estimate of drug-likeness (QED) is 0.942. The van der Waals surface area contributed by atoms with Crippen molar-refractivity contribution in [3.63, 3.8) is 0 Å². The topological polar surface area (TPSA) is 64.2 Å². The number of carbonyl (C=O) groups excluding carboxylic acids is 1. The highest BCUT2D eigenvalue weighted by Crippen LogP contribution is 2.23. The molecule has 1 aliphatic rings. The van der Waals surface area contributed by atoms with Crippen LogP contribution >= 0.6 is 0 Å². The van der Waals surface area contributed by atoms with E-state index in [0.717, 1.165) is 19.3 Å². The number of benzene rings is 1. The number of rotatable bonds is 3. The summed E-state index contributed by atoms with van der Waals surface area (Å²) >= 11 is 0. The van der Waals surface area contributed by atoms with Crippen molar-refractivity contribution in [2.75, 3.05) is 0 Å². The standard InChI is InChI=1S/C16H20N2O3/c1-11-6-2-3-7-12(11)17-15(19)10-18-13-8-4-5-9-14(13)21-16(18)20/h4-5,8-9,11-12H,2-3,6-7,10H2,1H3,(H,17,19)/t11-,12+/m0/s1. The number of aromatic nitrogens is 1. The fourth-order valence-corrected chi connectivity index (χ4v) is 3.09. The molecule has 5 heteroatoms. The normalized spacial score (nSPS) is 22.3. The van der Waals surface area contributed by atoms with Gasteiger partial charge in [0.2, 0.25) is 5.91 Å². The lowest BCUT2D eigenvalue weighted by Gasteiger charge is -2.29. The van der Waals surface area contributed by atoms with Gasteiger partial charge in [-0.05, 0) is 30.9 Å². The minimum atomic E-state index is -0.483. The number of nitrogens with zero attached hydrogens (tertiary/aromatic N) is 1. The van der Waals surface area contributed by atoms with Gasteiger partial charge in [-0.3, -0.25) is 9.36 Å². The lowest BCUT2D eigenvalue weighted by molar-refractivity contribution is -0.123. The number of fused-ring (bicyclic) bond motifs is 1. The molecule has 21 heavy (non-hydrogen) atoms. The van der Waals surface area contributed by atoms with Crippen LogP contribution in [0.5, 0.6) is 0 Å². The van der Waals surface area contributed by atoms with Crippen LogP contribution in [0.2, 0.25) is 0 Å². The maximum Gasteiger partial charge on any atom is 0.420 e. The highest BCUT2D eigenvalue weighted by atomic mass is 16.4. The minimum absolute atomic E-state index is 0.0130. The van der Waals surface area contributed by atoms with Gasteiger partial charge < -0.3 is 9.73 Å². The summed E-state index contributed by atoms with van der Waals surface area (Å²) in [6.45, 7) is 2.18. The molecule has 1 aromatic heterocycles. The first-order valence-corrected chi connectivity index (χ1v) is 7.53. The van der Waals surface area contributed by atoms with Gasteiger partial charge >= 0.3 is 5.76 Å². The first-order chi connectivity index (χ1) is 10.1. The second-order valence-electron chi connectivity index (χ2n) is 5.86. The van der Waals surface area contributed by atoms with E-state index in [2.05, 4.69) is 12.2 Å². The smallest absolute Gasteiger partial charge is 0.408 e. The van der Waals surface area contributed by atoms with Crippen LogP contribution in [0, 0.1) is 5.92 Å². The van der Waals surface area contributed by atoms with Crippen molar-refractivity contribution in [3.8, 4) is 0 Å². The second kappa shape index (κ2) is 5.76. The van der Waals surface area contributed by atoms with Crippen molar-refractivity contribution in [1.82, 2.24) is 9.88 Å². The largest absolute Gasteiger partial charge is 0.420 e. The number of nitrogens with one attached hydrogen (secondary N) is 1. The molecule has 1 N–H and O–H groups in total. The lowest BCUT2D eigenvalue weighted by Crippen LogP contribution is -2.43. The molecule has 1 heterocycles. The van der Waals surface area contributed by atoms with Crippen molar-refractivity contribution in [3.05, 3.63) is 34.8 Å². The average molecular weight is 288 g/mol. The van der Waals surface area contributed by atoms with Gasteiger partial charge in [-0.1, -0.05) is 31.9 Å². The predicted octanol–water partition coefficient (Wildman–Crippen LogP) is 2.29. The number of oxazole rings is 1. The third kappa shape index (κ3) is 2.86. The maximum absolute atomic E-state index is 12.2. The van der Waals surface area contributed by atoms with Crippen molar-refractivity contribution in [2.45, 2.75) is 45.2 Å². The highest BCUT2D eigenvalue weighted by molar-refractivity contribution is 5.79. The number of carbonyl (C=O) groups is 1. The Bertz CT molecular complexity index is 701. The van der Waals surface area contributed by atoms with Gasteiger partial charge in [-0.2, -0.15) is 0 Å². The molecular weight excluding hydrogens is 268 g/mol. The first kappa shape index (κ1) is 13.9. The van der Waals surface area contributed by atoms with Gasteiger partial charge in [0, 0.05) is 6.04 Å². The van der Waals surface area contributed by atoms with Gasteiger partial charge in [0.25, 0.3) is 0 Å². The summed E-state index contributed by atoms with van der Waals surface area (Å²) < 4.78 is 6.53. The van der Waals surface area contributed by atoms with E-state index in [1.807, 2.05) is 6.07 Å². The molecule has 2 aromatic rings. The molecule has 0 unspecified atom stereocenters. The first-order valence-electron chi connectivity index (χ1n) is 7.53. The van der Waals surface area contributed by atoms with Crippen LogP contribution in [0.1, 0.15) is 32.6 Å². The molecule has 1 aromatic carbocycles. The lowest BCUT2D eigenvalue weighted by atomic mass is 9.86. The minimum Gasteiger partial charge on any atom is -0.408 e. The van der Waals surface area contributed by atoms with Crippen molar-refractivity contribution in [2.24, 2.45) is 5.92 Å². The fraction of sp³-hybridized carbons (Fsp3) is 0.500. The van der Waals surface area contributed by atoms with Gasteiger partial charge in [-0.15, -0.1) is 0 Å². The SMILES string of the molecule is C[C@H]1CCCC[C@H]1NC(=O)Cn1c(=O)oc2ccccc21. The van der Waals surface area contributed by atoms with Crippen LogP contribution in [-0.4, -0.2) is 16.5 Å². The van der Waals surface area contributed by atoms with E-state index in [9.17, 15) is 9.59 Å². The molecule has 1 amide bonds. The summed E-state index contributed by atoms with van der Waals surface area (Å²) in [4.78, 5) is 24.1. The van der Waals surface area contributed by atoms with Crippen LogP contribution in [0.3, 0.4) is 0 Å². The number of amides is 1. The van der Waals surface area contributed by atoms with Crippen molar-refractivity contribution < 1.29 is 9.21 Å². The predicted molar refractivity (Wildman–Crippen MR) is 80.0 cm³/mol. The zero-order chi connectivity index (χ0) is 14.8. The summed E-state index contributed by atoms with van der Waals surface area (Å²) in [5.41, 5.74) is 1.18. The highest BCUT2D eigenvalue weighted by Gasteiger charge is 2.23. The monoisotopic (exact) mass is 288 g/mol. The van der Waals surface area contributed by atoms with Gasteiger partial charge in [0.15, 0.2) is 5.58 Å². The Morgan fingerprint density at radius 2 is 2.10 bits per heavy atom. The number of hydrogen-bond donors (Lipinski definition) is 1. The molecule has 1 saturated carbocycles. The molecule has 1 fully saturated rings. The van der Waals surface area contributed by atoms with Gasteiger partial charge in [0.05, 0.1) is 5.52 Å². The van der Waals surface area contributed by atoms with E-state index < -0.39 is 5.76 Å². The van der Waals surface area contributed by atoms with E-state index in [1.165, 1.54) is 11.0 Å². The molecular formula is C16H20N2O3. The Morgan fingerprint density at radius 1 is 1.33 bits per heavy atom. The van der Waals surface area contributed by atoms with Crippen LogP contribution in [-0.2, 0) is 11.3 Å². The average Bonchev–Trinajstić information content (AvgIpc) is 2.78. The molecule has 2 atom stereocenters. The Balaban J connectivity index is 1.74. The summed E-state index contributed by atoms with van der Waals surface area (Å²) in [7, 11) is 0. The third-order valence-corrected chi connectivity index (χ3v) is 4.33. The Morgan fingerprint density at radius 3 is 2.90 bits per heavy atom. The number of hydrogen-bond acceptors (Lipinski definition) is 3. The van der Waals surface area contributed by atoms with Crippen LogP contribution in [0.15, 0.2) is 33.5 Å². The molecule has 0 radical (unpaired) electrons. The van der Waals surface area contributed by atoms with E-state index in [1.54, 1.807) is 18.2 Å². The summed E-state index contributed by atoms with van der Waals surface area (Å²) in [5, 5.41) is 3.06. The van der Waals surface area contributed by atoms with E-state index >= 15 is 0 Å². The van der Waals surface area contributed by atoms with E-state index in [-0.39, 0.29) is 18.5 Å². The summed E-state index contributed by atoms with van der Waals surface area (Å²) in [6, 6.07) is 7.37. The molecule has 1 aliphatic carbocycles. The van der Waals surface area contributed by atoms with Gasteiger partial charge in [-0.25, -0.2) is 4.79 Å². The fourth-order valence-electron chi connectivity index (χ4n) is 3.09. The second-order valence-corrected chi connectivity index (χ2v) is 5.86. The van der Waals surface area contributed by atoms with E-state index in [4.69, 9.17) is 4.42 Å². The molecule has 0 bridgehead atoms. The van der Waals surface area contributed by atoms with Crippen molar-refractivity contribution >= 4 is 17.0 Å². The van der Waals surface area contributed by atoms with Crippen molar-refractivity contribution in [1.29, 1.82) is 0 Å². The Labute approximate surface area is 122 Å². The summed E-state index contributed by atoms with van der Waals surface area (Å²) in [6.07, 6.45) is 4.57. The van der Waals surface area contributed by atoms with Crippen LogP contribution in [0.25, 0.3) is 11.1 Å².